The first-order valence-electron chi connectivity index (χ1n) is 9.42. The first-order valence-corrected chi connectivity index (χ1v) is 9.42. The van der Waals surface area contributed by atoms with Crippen molar-refractivity contribution in [2.24, 2.45) is 11.8 Å². The second-order valence-electron chi connectivity index (χ2n) is 7.05. The molecule has 0 saturated carbocycles. The number of rotatable bonds is 5. The quantitative estimate of drug-likeness (QED) is 0.787. The zero-order valence-corrected chi connectivity index (χ0v) is 15.3. The van der Waals surface area contributed by atoms with Crippen LogP contribution in [0.15, 0.2) is 36.4 Å². The van der Waals surface area contributed by atoms with Crippen LogP contribution in [0.1, 0.15) is 6.92 Å². The molecule has 7 nitrogen and oxygen atoms in total. The third-order valence-corrected chi connectivity index (χ3v) is 5.57. The fraction of sp³-hybridized carbons (Fsp3) is 0.500. The molecule has 27 heavy (non-hydrogen) atoms. The van der Waals surface area contributed by atoms with Crippen molar-refractivity contribution in [3.05, 3.63) is 36.4 Å². The van der Waals surface area contributed by atoms with Crippen LogP contribution in [0, 0.1) is 11.8 Å². The number of nitrogens with zero attached hydrogens (tertiary/aromatic N) is 2. The second-order valence-corrected chi connectivity index (χ2v) is 7.05. The van der Waals surface area contributed by atoms with E-state index in [-0.39, 0.29) is 5.91 Å². The van der Waals surface area contributed by atoms with E-state index in [1.54, 1.807) is 11.0 Å². The highest BCUT2D eigenvalue weighted by molar-refractivity contribution is 5.87. The molecule has 0 aliphatic carbocycles. The number of benzene rings is 1. The van der Waals surface area contributed by atoms with E-state index in [2.05, 4.69) is 4.90 Å². The van der Waals surface area contributed by atoms with Crippen molar-refractivity contribution >= 4 is 17.6 Å². The first-order chi connectivity index (χ1) is 13.1. The molecule has 3 aliphatic heterocycles. The number of hydrogen-bond acceptors (Lipinski definition) is 5. The SMILES string of the molecule is CCOc1ccccc1N1CCN(C(=O)[C@H]2[C@@H](C(=O)O)[C@H]3C=C[C@H]2O3)CC1. The predicted molar refractivity (Wildman–Crippen MR) is 98.8 cm³/mol. The minimum Gasteiger partial charge on any atom is -0.492 e. The van der Waals surface area contributed by atoms with Crippen molar-refractivity contribution in [3.63, 3.8) is 0 Å². The maximum atomic E-state index is 13.0. The number of carbonyl (C=O) groups excluding carboxylic acids is 1. The van der Waals surface area contributed by atoms with Crippen LogP contribution in [0.25, 0.3) is 0 Å². The molecule has 0 aromatic heterocycles. The van der Waals surface area contributed by atoms with Crippen molar-refractivity contribution in [3.8, 4) is 5.75 Å². The van der Waals surface area contributed by atoms with E-state index in [0.717, 1.165) is 11.4 Å². The average molecular weight is 372 g/mol. The standard InChI is InChI=1S/C20H24N2O5/c1-2-26-14-6-4-3-5-13(14)21-9-11-22(12-10-21)19(23)17-15-7-8-16(27-15)18(17)20(24)25/h3-8,15-18H,2,9-12H2,1H3,(H,24,25)/t15-,16-,17-,18+/m1/s1. The smallest absolute Gasteiger partial charge is 0.310 e. The summed E-state index contributed by atoms with van der Waals surface area (Å²) in [4.78, 5) is 28.6. The van der Waals surface area contributed by atoms with Gasteiger partial charge in [-0.1, -0.05) is 24.3 Å². The van der Waals surface area contributed by atoms with E-state index < -0.39 is 30.0 Å². The number of amides is 1. The molecule has 4 rings (SSSR count). The molecule has 4 atom stereocenters. The molecule has 2 fully saturated rings. The summed E-state index contributed by atoms with van der Waals surface area (Å²) in [5.74, 6) is -1.65. The molecule has 1 N–H and O–H groups in total. The number of ether oxygens (including phenoxy) is 2. The summed E-state index contributed by atoms with van der Waals surface area (Å²) in [7, 11) is 0. The van der Waals surface area contributed by atoms with E-state index in [1.807, 2.05) is 37.3 Å². The number of fused-ring (bicyclic) bond motifs is 2. The third-order valence-electron chi connectivity index (χ3n) is 5.57. The maximum Gasteiger partial charge on any atom is 0.310 e. The number of carboxylic acid groups (broad SMARTS) is 1. The number of anilines is 1. The molecule has 144 valence electrons. The van der Waals surface area contributed by atoms with Gasteiger partial charge in [0.25, 0.3) is 0 Å². The lowest BCUT2D eigenvalue weighted by Gasteiger charge is -2.38. The Balaban J connectivity index is 1.43. The van der Waals surface area contributed by atoms with Crippen LogP contribution < -0.4 is 9.64 Å². The summed E-state index contributed by atoms with van der Waals surface area (Å²) < 4.78 is 11.3. The van der Waals surface area contributed by atoms with Crippen LogP contribution in [0.5, 0.6) is 5.75 Å². The van der Waals surface area contributed by atoms with Gasteiger partial charge in [-0.05, 0) is 19.1 Å². The molecule has 3 heterocycles. The highest BCUT2D eigenvalue weighted by Crippen LogP contribution is 2.40. The van der Waals surface area contributed by atoms with Crippen LogP contribution in [-0.2, 0) is 14.3 Å². The normalized spacial score (nSPS) is 29.2. The van der Waals surface area contributed by atoms with Gasteiger partial charge in [-0.15, -0.1) is 0 Å². The van der Waals surface area contributed by atoms with Crippen molar-refractivity contribution < 1.29 is 24.2 Å². The molecule has 0 unspecified atom stereocenters. The van der Waals surface area contributed by atoms with Crippen LogP contribution >= 0.6 is 0 Å². The summed E-state index contributed by atoms with van der Waals surface area (Å²) in [6.45, 7) is 5.05. The molecular weight excluding hydrogens is 348 g/mol. The van der Waals surface area contributed by atoms with Gasteiger partial charge in [0.05, 0.1) is 30.4 Å². The summed E-state index contributed by atoms with van der Waals surface area (Å²) >= 11 is 0. The predicted octanol–water partition coefficient (Wildman–Crippen LogP) is 1.39. The molecule has 2 saturated heterocycles. The van der Waals surface area contributed by atoms with Crippen LogP contribution in [-0.4, -0.2) is 66.9 Å². The lowest BCUT2D eigenvalue weighted by molar-refractivity contribution is -0.149. The lowest BCUT2D eigenvalue weighted by Crippen LogP contribution is -2.53. The fourth-order valence-corrected chi connectivity index (χ4v) is 4.27. The maximum absolute atomic E-state index is 13.0. The van der Waals surface area contributed by atoms with Crippen molar-refractivity contribution in [2.45, 2.75) is 19.1 Å². The molecule has 1 aromatic carbocycles. The van der Waals surface area contributed by atoms with Crippen LogP contribution in [0.4, 0.5) is 5.69 Å². The Labute approximate surface area is 158 Å². The molecule has 1 aromatic rings. The van der Waals surface area contributed by atoms with E-state index in [0.29, 0.717) is 32.8 Å². The van der Waals surface area contributed by atoms with E-state index in [1.165, 1.54) is 0 Å². The van der Waals surface area contributed by atoms with E-state index in [9.17, 15) is 14.7 Å². The Hall–Kier alpha value is -2.54. The van der Waals surface area contributed by atoms with E-state index in [4.69, 9.17) is 9.47 Å². The van der Waals surface area contributed by atoms with Gasteiger partial charge in [-0.3, -0.25) is 9.59 Å². The topological polar surface area (TPSA) is 79.3 Å². The Bertz CT molecular complexity index is 756. The molecule has 3 aliphatic rings. The Morgan fingerprint density at radius 3 is 2.44 bits per heavy atom. The molecule has 0 radical (unpaired) electrons. The highest BCUT2D eigenvalue weighted by atomic mass is 16.5. The summed E-state index contributed by atoms with van der Waals surface area (Å²) in [5, 5.41) is 9.52. The fourth-order valence-electron chi connectivity index (χ4n) is 4.27. The summed E-state index contributed by atoms with van der Waals surface area (Å²) in [6, 6.07) is 7.90. The van der Waals surface area contributed by atoms with Crippen LogP contribution in [0.2, 0.25) is 0 Å². The van der Waals surface area contributed by atoms with Gasteiger partial charge < -0.3 is 24.4 Å². The average Bonchev–Trinajstić information content (AvgIpc) is 3.30. The second kappa shape index (κ2) is 7.23. The minimum absolute atomic E-state index is 0.114. The lowest BCUT2D eigenvalue weighted by atomic mass is 9.82. The Kier molecular flexibility index (Phi) is 4.78. The molecule has 7 heteroatoms. The first kappa shape index (κ1) is 17.9. The van der Waals surface area contributed by atoms with Gasteiger partial charge in [0.2, 0.25) is 5.91 Å². The van der Waals surface area contributed by atoms with Gasteiger partial charge >= 0.3 is 5.97 Å². The van der Waals surface area contributed by atoms with Crippen molar-refractivity contribution in [1.82, 2.24) is 4.90 Å². The number of carbonyl (C=O) groups is 2. The largest absolute Gasteiger partial charge is 0.492 e. The van der Waals surface area contributed by atoms with Gasteiger partial charge in [0.15, 0.2) is 0 Å². The number of carboxylic acids is 1. The van der Waals surface area contributed by atoms with Gasteiger partial charge in [0, 0.05) is 26.2 Å². The number of para-hydroxylation sites is 2. The Morgan fingerprint density at radius 1 is 1.11 bits per heavy atom. The third kappa shape index (κ3) is 3.16. The van der Waals surface area contributed by atoms with Crippen molar-refractivity contribution in [1.29, 1.82) is 0 Å². The zero-order chi connectivity index (χ0) is 19.0. The van der Waals surface area contributed by atoms with Gasteiger partial charge in [-0.2, -0.15) is 0 Å². The van der Waals surface area contributed by atoms with Gasteiger partial charge in [0.1, 0.15) is 11.7 Å². The van der Waals surface area contributed by atoms with Gasteiger partial charge in [-0.25, -0.2) is 0 Å². The minimum atomic E-state index is -0.963. The molecule has 0 spiro atoms. The van der Waals surface area contributed by atoms with Crippen molar-refractivity contribution in [2.75, 3.05) is 37.7 Å². The molecular formula is C20H24N2O5. The summed E-state index contributed by atoms with van der Waals surface area (Å²) in [6.07, 6.45) is 2.68. The molecule has 1 amide bonds. The summed E-state index contributed by atoms with van der Waals surface area (Å²) in [5.41, 5.74) is 1.03. The Morgan fingerprint density at radius 2 is 1.78 bits per heavy atom. The number of hydrogen-bond donors (Lipinski definition) is 1. The number of piperazine rings is 1. The molecule has 2 bridgehead atoms. The highest BCUT2D eigenvalue weighted by Gasteiger charge is 2.54. The monoisotopic (exact) mass is 372 g/mol. The zero-order valence-electron chi connectivity index (χ0n) is 15.3. The van der Waals surface area contributed by atoms with Crippen LogP contribution in [0.3, 0.4) is 0 Å². The van der Waals surface area contributed by atoms with E-state index >= 15 is 0 Å². The number of aliphatic carboxylic acids is 1.